The van der Waals surface area contributed by atoms with Gasteiger partial charge < -0.3 is 10.5 Å². The third kappa shape index (κ3) is 2.20. The first-order valence-corrected chi connectivity index (χ1v) is 5.35. The molecule has 0 fully saturated rings. The number of methoxy groups -OCH3 is 1. The molecule has 4 heteroatoms. The van der Waals surface area contributed by atoms with E-state index in [4.69, 9.17) is 10.5 Å². The second-order valence-electron chi connectivity index (χ2n) is 3.96. The van der Waals surface area contributed by atoms with Crippen molar-refractivity contribution in [2.24, 2.45) is 0 Å². The van der Waals surface area contributed by atoms with Gasteiger partial charge in [0.15, 0.2) is 0 Å². The van der Waals surface area contributed by atoms with Crippen molar-refractivity contribution < 1.29 is 4.74 Å². The number of nitrogen functional groups attached to an aromatic ring is 1. The second-order valence-corrected chi connectivity index (χ2v) is 3.96. The number of nitrogens with two attached hydrogens (primary N) is 1. The van der Waals surface area contributed by atoms with Crippen LogP contribution in [0.4, 0.5) is 5.82 Å². The van der Waals surface area contributed by atoms with E-state index in [1.54, 1.807) is 19.5 Å². The van der Waals surface area contributed by atoms with Gasteiger partial charge >= 0.3 is 0 Å². The summed E-state index contributed by atoms with van der Waals surface area (Å²) in [7, 11) is 1.67. The maximum Gasteiger partial charge on any atom is 0.141 e. The van der Waals surface area contributed by atoms with Gasteiger partial charge in [-0.1, -0.05) is 0 Å². The van der Waals surface area contributed by atoms with E-state index >= 15 is 0 Å². The standard InChI is InChI=1S/C13H15N3O/c1-8-5-12(17-3)9(2)4-10(8)11-6-16-13(14)7-15-11/h4-7H,1-3H3,(H2,14,16). The first-order valence-electron chi connectivity index (χ1n) is 5.35. The summed E-state index contributed by atoms with van der Waals surface area (Å²) in [6.45, 7) is 4.03. The van der Waals surface area contributed by atoms with Gasteiger partial charge in [0.1, 0.15) is 11.6 Å². The van der Waals surface area contributed by atoms with Gasteiger partial charge in [-0.05, 0) is 37.1 Å². The lowest BCUT2D eigenvalue weighted by Crippen LogP contribution is -1.95. The van der Waals surface area contributed by atoms with Crippen molar-refractivity contribution in [3.05, 3.63) is 35.7 Å². The minimum absolute atomic E-state index is 0.427. The van der Waals surface area contributed by atoms with Gasteiger partial charge in [0.25, 0.3) is 0 Å². The number of nitrogens with zero attached hydrogens (tertiary/aromatic N) is 2. The van der Waals surface area contributed by atoms with E-state index < -0.39 is 0 Å². The number of hydrogen-bond donors (Lipinski definition) is 1. The van der Waals surface area contributed by atoms with E-state index in [0.717, 1.165) is 28.1 Å². The zero-order valence-corrected chi connectivity index (χ0v) is 10.2. The highest BCUT2D eigenvalue weighted by molar-refractivity contribution is 5.66. The lowest BCUT2D eigenvalue weighted by atomic mass is 10.0. The third-order valence-corrected chi connectivity index (χ3v) is 2.69. The predicted octanol–water partition coefficient (Wildman–Crippen LogP) is 2.35. The van der Waals surface area contributed by atoms with Crippen molar-refractivity contribution in [1.82, 2.24) is 9.97 Å². The van der Waals surface area contributed by atoms with Crippen LogP contribution in [0.15, 0.2) is 24.5 Å². The third-order valence-electron chi connectivity index (χ3n) is 2.69. The van der Waals surface area contributed by atoms with E-state index in [9.17, 15) is 0 Å². The Morgan fingerprint density at radius 2 is 1.82 bits per heavy atom. The fourth-order valence-electron chi connectivity index (χ4n) is 1.76. The molecule has 0 aliphatic rings. The van der Waals surface area contributed by atoms with Gasteiger partial charge in [0.05, 0.1) is 25.2 Å². The number of hydrogen-bond acceptors (Lipinski definition) is 4. The summed E-state index contributed by atoms with van der Waals surface area (Å²) in [5.74, 6) is 1.31. The predicted molar refractivity (Wildman–Crippen MR) is 67.9 cm³/mol. The Morgan fingerprint density at radius 3 is 2.41 bits per heavy atom. The van der Waals surface area contributed by atoms with E-state index in [1.165, 1.54) is 0 Å². The van der Waals surface area contributed by atoms with Crippen LogP contribution < -0.4 is 10.5 Å². The summed E-state index contributed by atoms with van der Waals surface area (Å²) in [6.07, 6.45) is 3.25. The van der Waals surface area contributed by atoms with Crippen LogP contribution in [0.2, 0.25) is 0 Å². The van der Waals surface area contributed by atoms with E-state index in [-0.39, 0.29) is 0 Å². The zero-order chi connectivity index (χ0) is 12.4. The summed E-state index contributed by atoms with van der Waals surface area (Å²) in [5.41, 5.74) is 9.58. The number of benzene rings is 1. The summed E-state index contributed by atoms with van der Waals surface area (Å²) in [6, 6.07) is 4.05. The van der Waals surface area contributed by atoms with Crippen molar-refractivity contribution in [3.63, 3.8) is 0 Å². The normalized spacial score (nSPS) is 10.3. The molecule has 0 amide bonds. The highest BCUT2D eigenvalue weighted by Crippen LogP contribution is 2.28. The van der Waals surface area contributed by atoms with Gasteiger partial charge in [-0.15, -0.1) is 0 Å². The fraction of sp³-hybridized carbons (Fsp3) is 0.231. The Morgan fingerprint density at radius 1 is 1.06 bits per heavy atom. The molecule has 0 atom stereocenters. The maximum absolute atomic E-state index is 5.52. The minimum Gasteiger partial charge on any atom is -0.496 e. The molecule has 0 saturated carbocycles. The molecule has 88 valence electrons. The van der Waals surface area contributed by atoms with Crippen LogP contribution in [0.25, 0.3) is 11.3 Å². The number of rotatable bonds is 2. The molecule has 1 heterocycles. The van der Waals surface area contributed by atoms with Gasteiger partial charge in [-0.25, -0.2) is 4.98 Å². The van der Waals surface area contributed by atoms with Gasteiger partial charge in [0, 0.05) is 5.56 Å². The van der Waals surface area contributed by atoms with Crippen LogP contribution >= 0.6 is 0 Å². The van der Waals surface area contributed by atoms with E-state index in [1.807, 2.05) is 26.0 Å². The monoisotopic (exact) mass is 229 g/mol. The lowest BCUT2D eigenvalue weighted by molar-refractivity contribution is 0.411. The average molecular weight is 229 g/mol. The van der Waals surface area contributed by atoms with Crippen molar-refractivity contribution >= 4 is 5.82 Å². The Bertz CT molecular complexity index is 535. The molecule has 0 aliphatic heterocycles. The molecule has 0 spiro atoms. The number of ether oxygens (including phenoxy) is 1. The molecule has 2 rings (SSSR count). The Kier molecular flexibility index (Phi) is 2.95. The van der Waals surface area contributed by atoms with Crippen LogP contribution in [0.5, 0.6) is 5.75 Å². The smallest absolute Gasteiger partial charge is 0.141 e. The molecule has 2 N–H and O–H groups in total. The number of aryl methyl sites for hydroxylation is 2. The molecule has 1 aromatic carbocycles. The topological polar surface area (TPSA) is 61.0 Å². The molecular formula is C13H15N3O. The first kappa shape index (κ1) is 11.4. The molecule has 0 bridgehead atoms. The van der Waals surface area contributed by atoms with Gasteiger partial charge in [-0.3, -0.25) is 4.98 Å². The second kappa shape index (κ2) is 4.41. The highest BCUT2D eigenvalue weighted by atomic mass is 16.5. The zero-order valence-electron chi connectivity index (χ0n) is 10.2. The molecule has 17 heavy (non-hydrogen) atoms. The molecule has 4 nitrogen and oxygen atoms in total. The van der Waals surface area contributed by atoms with Crippen LogP contribution in [-0.4, -0.2) is 17.1 Å². The fourth-order valence-corrected chi connectivity index (χ4v) is 1.76. The molecule has 0 aliphatic carbocycles. The summed E-state index contributed by atoms with van der Waals surface area (Å²) >= 11 is 0. The molecule has 1 aromatic heterocycles. The van der Waals surface area contributed by atoms with Crippen LogP contribution in [-0.2, 0) is 0 Å². The van der Waals surface area contributed by atoms with Gasteiger partial charge in [-0.2, -0.15) is 0 Å². The number of aromatic nitrogens is 2. The van der Waals surface area contributed by atoms with Crippen molar-refractivity contribution in [2.45, 2.75) is 13.8 Å². The highest BCUT2D eigenvalue weighted by Gasteiger charge is 2.08. The minimum atomic E-state index is 0.427. The van der Waals surface area contributed by atoms with Gasteiger partial charge in [0.2, 0.25) is 0 Å². The molecular weight excluding hydrogens is 214 g/mol. The maximum atomic E-state index is 5.52. The molecule has 0 saturated heterocycles. The molecule has 2 aromatic rings. The Balaban J connectivity index is 2.52. The summed E-state index contributed by atoms with van der Waals surface area (Å²) in [4.78, 5) is 8.33. The van der Waals surface area contributed by atoms with Crippen LogP contribution in [0.3, 0.4) is 0 Å². The Hall–Kier alpha value is -2.10. The van der Waals surface area contributed by atoms with Crippen molar-refractivity contribution in [2.75, 3.05) is 12.8 Å². The molecule has 0 radical (unpaired) electrons. The quantitative estimate of drug-likeness (QED) is 0.858. The van der Waals surface area contributed by atoms with E-state index in [0.29, 0.717) is 5.82 Å². The van der Waals surface area contributed by atoms with Crippen molar-refractivity contribution in [3.8, 4) is 17.0 Å². The van der Waals surface area contributed by atoms with Crippen molar-refractivity contribution in [1.29, 1.82) is 0 Å². The largest absolute Gasteiger partial charge is 0.496 e. The SMILES string of the molecule is COc1cc(C)c(-c2cnc(N)cn2)cc1C. The van der Waals surface area contributed by atoms with Crippen LogP contribution in [0.1, 0.15) is 11.1 Å². The average Bonchev–Trinajstić information content (AvgIpc) is 2.33. The number of anilines is 1. The summed E-state index contributed by atoms with van der Waals surface area (Å²) in [5, 5.41) is 0. The molecule has 0 unspecified atom stereocenters. The lowest BCUT2D eigenvalue weighted by Gasteiger charge is -2.10. The Labute approximate surface area is 100 Å². The van der Waals surface area contributed by atoms with Crippen LogP contribution in [0, 0.1) is 13.8 Å². The van der Waals surface area contributed by atoms with E-state index in [2.05, 4.69) is 9.97 Å². The summed E-state index contributed by atoms with van der Waals surface area (Å²) < 4.78 is 5.28. The first-order chi connectivity index (χ1) is 8.11.